The van der Waals surface area contributed by atoms with Crippen LogP contribution in [0.3, 0.4) is 0 Å². The minimum absolute atomic E-state index is 0.400. The number of rotatable bonds is 4. The Kier molecular flexibility index (Phi) is 4.58. The van der Waals surface area contributed by atoms with E-state index < -0.39 is 12.0 Å². The van der Waals surface area contributed by atoms with Crippen LogP contribution in [0.1, 0.15) is 46.5 Å². The predicted octanol–water partition coefficient (Wildman–Crippen LogP) is 2.26. The van der Waals surface area contributed by atoms with Gasteiger partial charge < -0.3 is 10.4 Å². The molecule has 2 unspecified atom stereocenters. The molecular weight excluding hydrogens is 190 g/mol. The van der Waals surface area contributed by atoms with Crippen LogP contribution in [-0.4, -0.2) is 23.2 Å². The molecule has 0 aromatic heterocycles. The molecule has 0 saturated heterocycles. The number of nitrogens with one attached hydrogen (secondary N) is 1. The van der Waals surface area contributed by atoms with E-state index >= 15 is 0 Å². The highest BCUT2D eigenvalue weighted by Crippen LogP contribution is 2.30. The molecule has 0 amide bonds. The topological polar surface area (TPSA) is 49.3 Å². The first kappa shape index (κ1) is 12.5. The molecule has 0 heterocycles. The maximum Gasteiger partial charge on any atom is 0.320 e. The lowest BCUT2D eigenvalue weighted by Gasteiger charge is -2.33. The Labute approximate surface area is 92.3 Å². The van der Waals surface area contributed by atoms with E-state index in [1.165, 1.54) is 12.8 Å². The van der Waals surface area contributed by atoms with E-state index in [-0.39, 0.29) is 0 Å². The molecule has 1 rings (SSSR count). The summed E-state index contributed by atoms with van der Waals surface area (Å²) in [6, 6.07) is -0.0156. The first-order chi connectivity index (χ1) is 7.00. The van der Waals surface area contributed by atoms with Crippen molar-refractivity contribution in [1.29, 1.82) is 0 Å². The van der Waals surface area contributed by atoms with Crippen molar-refractivity contribution in [2.45, 2.75) is 58.5 Å². The third kappa shape index (κ3) is 3.82. The highest BCUT2D eigenvalue weighted by molar-refractivity contribution is 5.72. The van der Waals surface area contributed by atoms with Gasteiger partial charge in [0.05, 0.1) is 0 Å². The number of hydrogen-bond acceptors (Lipinski definition) is 2. The van der Waals surface area contributed by atoms with E-state index in [0.717, 1.165) is 24.7 Å². The van der Waals surface area contributed by atoms with E-state index in [1.807, 2.05) is 0 Å². The van der Waals surface area contributed by atoms with Crippen molar-refractivity contribution >= 4 is 5.97 Å². The summed E-state index contributed by atoms with van der Waals surface area (Å²) in [5.41, 5.74) is 0. The lowest BCUT2D eigenvalue weighted by Crippen LogP contribution is -2.44. The average molecular weight is 213 g/mol. The van der Waals surface area contributed by atoms with Crippen LogP contribution in [0.2, 0.25) is 0 Å². The van der Waals surface area contributed by atoms with E-state index in [9.17, 15) is 4.79 Å². The molecule has 0 aromatic rings. The molecule has 0 radical (unpaired) electrons. The number of carboxylic acids is 1. The normalized spacial score (nSPS) is 29.1. The lowest BCUT2D eigenvalue weighted by molar-refractivity contribution is -0.139. The van der Waals surface area contributed by atoms with Crippen LogP contribution in [0.4, 0.5) is 0 Å². The molecule has 1 fully saturated rings. The second-order valence-electron chi connectivity index (χ2n) is 5.09. The lowest BCUT2D eigenvalue weighted by atomic mass is 9.79. The molecule has 0 bridgehead atoms. The summed E-state index contributed by atoms with van der Waals surface area (Å²) in [5.74, 6) is 0.730. The smallest absolute Gasteiger partial charge is 0.320 e. The summed E-state index contributed by atoms with van der Waals surface area (Å²) in [5, 5.41) is 12.0. The molecule has 0 spiro atoms. The van der Waals surface area contributed by atoms with Crippen molar-refractivity contribution < 1.29 is 9.90 Å². The Hall–Kier alpha value is -0.570. The highest BCUT2D eigenvalue weighted by Gasteiger charge is 2.26. The number of carboxylic acid groups (broad SMARTS) is 1. The Morgan fingerprint density at radius 3 is 2.53 bits per heavy atom. The van der Waals surface area contributed by atoms with Gasteiger partial charge in [-0.15, -0.1) is 0 Å². The molecule has 0 aliphatic heterocycles. The van der Waals surface area contributed by atoms with Gasteiger partial charge in [0, 0.05) is 6.04 Å². The third-order valence-electron chi connectivity index (χ3n) is 3.51. The standard InChI is InChI=1S/C12H23NO2/c1-8(2)10-5-4-6-11(7-10)13-9(3)12(14)15/h8-11,13H,4-7H2,1-3H3,(H,14,15)/t9-,10?,11?/m0/s1. The monoisotopic (exact) mass is 213 g/mol. The van der Waals surface area contributed by atoms with Gasteiger partial charge in [-0.2, -0.15) is 0 Å². The van der Waals surface area contributed by atoms with E-state index in [0.29, 0.717) is 6.04 Å². The minimum Gasteiger partial charge on any atom is -0.480 e. The maximum atomic E-state index is 10.7. The zero-order valence-corrected chi connectivity index (χ0v) is 9.99. The molecule has 0 aromatic carbocycles. The van der Waals surface area contributed by atoms with Crippen LogP contribution in [0.15, 0.2) is 0 Å². The number of carbonyl (C=O) groups is 1. The van der Waals surface area contributed by atoms with Gasteiger partial charge in [0.15, 0.2) is 0 Å². The largest absolute Gasteiger partial charge is 0.480 e. The zero-order valence-electron chi connectivity index (χ0n) is 9.99. The van der Waals surface area contributed by atoms with Gasteiger partial charge in [-0.25, -0.2) is 0 Å². The minimum atomic E-state index is -0.748. The number of aliphatic carboxylic acids is 1. The zero-order chi connectivity index (χ0) is 11.4. The first-order valence-corrected chi connectivity index (χ1v) is 5.99. The molecule has 15 heavy (non-hydrogen) atoms. The van der Waals surface area contributed by atoms with Gasteiger partial charge >= 0.3 is 5.97 Å². The van der Waals surface area contributed by atoms with Gasteiger partial charge in [-0.3, -0.25) is 4.79 Å². The fraction of sp³-hybridized carbons (Fsp3) is 0.917. The van der Waals surface area contributed by atoms with Crippen LogP contribution in [0.25, 0.3) is 0 Å². The molecule has 88 valence electrons. The third-order valence-corrected chi connectivity index (χ3v) is 3.51. The Bertz CT molecular complexity index is 216. The SMILES string of the molecule is CC(C)C1CCCC(N[C@@H](C)C(=O)O)C1. The average Bonchev–Trinajstić information content (AvgIpc) is 2.18. The van der Waals surface area contributed by atoms with Gasteiger partial charge in [-0.05, 0) is 31.6 Å². The summed E-state index contributed by atoms with van der Waals surface area (Å²) < 4.78 is 0. The van der Waals surface area contributed by atoms with Gasteiger partial charge in [-0.1, -0.05) is 26.7 Å². The van der Waals surface area contributed by atoms with Crippen molar-refractivity contribution in [3.63, 3.8) is 0 Å². The highest BCUT2D eigenvalue weighted by atomic mass is 16.4. The Balaban J connectivity index is 2.39. The summed E-state index contributed by atoms with van der Waals surface area (Å²) in [4.78, 5) is 10.7. The predicted molar refractivity (Wildman–Crippen MR) is 60.8 cm³/mol. The van der Waals surface area contributed by atoms with Gasteiger partial charge in [0.25, 0.3) is 0 Å². The molecule has 1 aliphatic carbocycles. The summed E-state index contributed by atoms with van der Waals surface area (Å²) in [6.07, 6.45) is 4.79. The molecule has 3 nitrogen and oxygen atoms in total. The van der Waals surface area contributed by atoms with Gasteiger partial charge in [0.2, 0.25) is 0 Å². The van der Waals surface area contributed by atoms with Crippen LogP contribution in [0.5, 0.6) is 0 Å². The maximum absolute atomic E-state index is 10.7. The van der Waals surface area contributed by atoms with E-state index in [4.69, 9.17) is 5.11 Å². The van der Waals surface area contributed by atoms with Crippen molar-refractivity contribution in [3.8, 4) is 0 Å². The second-order valence-corrected chi connectivity index (χ2v) is 5.09. The van der Waals surface area contributed by atoms with Crippen LogP contribution in [0, 0.1) is 11.8 Å². The van der Waals surface area contributed by atoms with Crippen LogP contribution < -0.4 is 5.32 Å². The fourth-order valence-corrected chi connectivity index (χ4v) is 2.41. The van der Waals surface area contributed by atoms with Crippen molar-refractivity contribution in [2.24, 2.45) is 11.8 Å². The van der Waals surface area contributed by atoms with Crippen molar-refractivity contribution in [2.75, 3.05) is 0 Å². The molecular formula is C12H23NO2. The van der Waals surface area contributed by atoms with E-state index in [1.54, 1.807) is 6.92 Å². The van der Waals surface area contributed by atoms with Crippen LogP contribution >= 0.6 is 0 Å². The molecule has 3 atom stereocenters. The molecule has 2 N–H and O–H groups in total. The molecule has 1 aliphatic rings. The first-order valence-electron chi connectivity index (χ1n) is 5.99. The Morgan fingerprint density at radius 2 is 2.00 bits per heavy atom. The van der Waals surface area contributed by atoms with Crippen LogP contribution in [-0.2, 0) is 4.79 Å². The summed E-state index contributed by atoms with van der Waals surface area (Å²) in [6.45, 7) is 6.24. The van der Waals surface area contributed by atoms with Crippen molar-refractivity contribution in [3.05, 3.63) is 0 Å². The summed E-state index contributed by atoms with van der Waals surface area (Å²) >= 11 is 0. The fourth-order valence-electron chi connectivity index (χ4n) is 2.41. The van der Waals surface area contributed by atoms with Crippen molar-refractivity contribution in [1.82, 2.24) is 5.32 Å². The van der Waals surface area contributed by atoms with E-state index in [2.05, 4.69) is 19.2 Å². The molecule has 3 heteroatoms. The quantitative estimate of drug-likeness (QED) is 0.753. The second kappa shape index (κ2) is 5.50. The molecule has 1 saturated carbocycles. The summed E-state index contributed by atoms with van der Waals surface area (Å²) in [7, 11) is 0. The van der Waals surface area contributed by atoms with Gasteiger partial charge in [0.1, 0.15) is 6.04 Å². The number of hydrogen-bond donors (Lipinski definition) is 2. The Morgan fingerprint density at radius 1 is 1.33 bits per heavy atom.